The zero-order valence-electron chi connectivity index (χ0n) is 18.5. The second-order valence-electron chi connectivity index (χ2n) is 8.17. The highest BCUT2D eigenvalue weighted by atomic mass is 16.5. The largest absolute Gasteiger partial charge is 0.493 e. The molecule has 1 N–H and O–H groups in total. The van der Waals surface area contributed by atoms with Gasteiger partial charge in [-0.3, -0.25) is 14.6 Å². The van der Waals surface area contributed by atoms with Crippen molar-refractivity contribution in [3.8, 4) is 11.5 Å². The van der Waals surface area contributed by atoms with E-state index >= 15 is 0 Å². The fourth-order valence-corrected chi connectivity index (χ4v) is 3.51. The van der Waals surface area contributed by atoms with Crippen LogP contribution in [0.2, 0.25) is 0 Å². The van der Waals surface area contributed by atoms with Crippen molar-refractivity contribution < 1.29 is 19.1 Å². The van der Waals surface area contributed by atoms with E-state index in [1.54, 1.807) is 49.8 Å². The van der Waals surface area contributed by atoms with Crippen LogP contribution in [0.5, 0.6) is 11.5 Å². The second kappa shape index (κ2) is 10.8. The summed E-state index contributed by atoms with van der Waals surface area (Å²) in [7, 11) is 1.57. The fourth-order valence-electron chi connectivity index (χ4n) is 3.51. The molecule has 31 heavy (non-hydrogen) atoms. The van der Waals surface area contributed by atoms with Gasteiger partial charge in [0.15, 0.2) is 11.5 Å². The van der Waals surface area contributed by atoms with E-state index in [-0.39, 0.29) is 17.9 Å². The molecule has 3 rings (SSSR count). The number of nitrogens with one attached hydrogen (secondary N) is 1. The molecule has 0 unspecified atom stereocenters. The van der Waals surface area contributed by atoms with E-state index in [0.717, 1.165) is 19.3 Å². The lowest BCUT2D eigenvalue weighted by molar-refractivity contribution is 0.0698. The van der Waals surface area contributed by atoms with Gasteiger partial charge in [-0.1, -0.05) is 13.8 Å². The van der Waals surface area contributed by atoms with Crippen molar-refractivity contribution in [3.63, 3.8) is 0 Å². The molecule has 1 aliphatic heterocycles. The van der Waals surface area contributed by atoms with Crippen LogP contribution in [-0.4, -0.2) is 54.5 Å². The third-order valence-corrected chi connectivity index (χ3v) is 5.42. The standard InChI is InChI=1S/C24H31N3O4/c1-17(2)10-15-31-21-5-4-19(16-22(21)30-3)23(28)26-20-8-13-27(14-9-20)24(29)18-6-11-25-12-7-18/h4-7,11-12,16-17,20H,8-10,13-15H2,1-3H3,(H,26,28). The fraction of sp³-hybridized carbons (Fsp3) is 0.458. The summed E-state index contributed by atoms with van der Waals surface area (Å²) in [6.07, 6.45) is 5.63. The molecule has 0 radical (unpaired) electrons. The summed E-state index contributed by atoms with van der Waals surface area (Å²) in [6.45, 7) is 6.12. The maximum Gasteiger partial charge on any atom is 0.253 e. The Labute approximate surface area is 183 Å². The first-order valence-corrected chi connectivity index (χ1v) is 10.8. The molecular formula is C24H31N3O4. The SMILES string of the molecule is COc1cc(C(=O)NC2CCN(C(=O)c3ccncc3)CC2)ccc1OCCC(C)C. The number of rotatable bonds is 8. The number of amides is 2. The zero-order chi connectivity index (χ0) is 22.2. The highest BCUT2D eigenvalue weighted by Gasteiger charge is 2.25. The first-order valence-electron chi connectivity index (χ1n) is 10.8. The minimum Gasteiger partial charge on any atom is -0.493 e. The van der Waals surface area contributed by atoms with E-state index in [2.05, 4.69) is 24.1 Å². The van der Waals surface area contributed by atoms with Crippen molar-refractivity contribution in [1.82, 2.24) is 15.2 Å². The Morgan fingerprint density at radius 3 is 2.45 bits per heavy atom. The molecule has 0 spiro atoms. The molecule has 2 heterocycles. The van der Waals surface area contributed by atoms with Crippen LogP contribution in [0.1, 0.15) is 53.8 Å². The number of likely N-dealkylation sites (tertiary alicyclic amines) is 1. The average molecular weight is 426 g/mol. The first kappa shape index (κ1) is 22.6. The summed E-state index contributed by atoms with van der Waals surface area (Å²) in [6, 6.07) is 8.72. The number of methoxy groups -OCH3 is 1. The first-order chi connectivity index (χ1) is 15.0. The molecule has 1 aromatic heterocycles. The van der Waals surface area contributed by atoms with E-state index in [1.165, 1.54) is 0 Å². The predicted octanol–water partition coefficient (Wildman–Crippen LogP) is 3.55. The number of nitrogens with zero attached hydrogens (tertiary/aromatic N) is 2. The molecule has 7 heteroatoms. The molecule has 0 saturated carbocycles. The normalized spacial score (nSPS) is 14.4. The predicted molar refractivity (Wildman–Crippen MR) is 119 cm³/mol. The van der Waals surface area contributed by atoms with Gasteiger partial charge in [0.25, 0.3) is 11.8 Å². The molecule has 1 aliphatic rings. The van der Waals surface area contributed by atoms with Gasteiger partial charge in [-0.25, -0.2) is 0 Å². The molecule has 2 aromatic rings. The molecular weight excluding hydrogens is 394 g/mol. The maximum atomic E-state index is 12.7. The van der Waals surface area contributed by atoms with E-state index in [4.69, 9.17) is 9.47 Å². The van der Waals surface area contributed by atoms with Gasteiger partial charge in [0.1, 0.15) is 0 Å². The number of hydrogen-bond acceptors (Lipinski definition) is 5. The third-order valence-electron chi connectivity index (χ3n) is 5.42. The number of carbonyl (C=O) groups is 2. The van der Waals surface area contributed by atoms with Crippen LogP contribution in [0.3, 0.4) is 0 Å². The Bertz CT molecular complexity index is 878. The van der Waals surface area contributed by atoms with E-state index in [0.29, 0.717) is 48.2 Å². The molecule has 1 aromatic carbocycles. The number of aromatic nitrogens is 1. The average Bonchev–Trinajstić information content (AvgIpc) is 2.79. The molecule has 1 fully saturated rings. The quantitative estimate of drug-likeness (QED) is 0.700. The van der Waals surface area contributed by atoms with Crippen LogP contribution in [0.4, 0.5) is 0 Å². The molecule has 0 atom stereocenters. The summed E-state index contributed by atoms with van der Waals surface area (Å²) in [4.78, 5) is 31.1. The lowest BCUT2D eigenvalue weighted by atomic mass is 10.0. The number of piperidine rings is 1. The Morgan fingerprint density at radius 2 is 1.81 bits per heavy atom. The van der Waals surface area contributed by atoms with Gasteiger partial charge < -0.3 is 19.7 Å². The van der Waals surface area contributed by atoms with Crippen LogP contribution in [0.15, 0.2) is 42.7 Å². The van der Waals surface area contributed by atoms with Gasteiger partial charge in [-0.2, -0.15) is 0 Å². The molecule has 166 valence electrons. The number of ether oxygens (including phenoxy) is 2. The van der Waals surface area contributed by atoms with Crippen LogP contribution >= 0.6 is 0 Å². The van der Waals surface area contributed by atoms with Crippen molar-refractivity contribution in [2.45, 2.75) is 39.2 Å². The van der Waals surface area contributed by atoms with Gasteiger partial charge in [0.2, 0.25) is 0 Å². The maximum absolute atomic E-state index is 12.7. The van der Waals surface area contributed by atoms with Gasteiger partial charge >= 0.3 is 0 Å². The van der Waals surface area contributed by atoms with Crippen LogP contribution in [0.25, 0.3) is 0 Å². The lowest BCUT2D eigenvalue weighted by Gasteiger charge is -2.32. The number of hydrogen-bond donors (Lipinski definition) is 1. The van der Waals surface area contributed by atoms with Crippen molar-refractivity contribution in [3.05, 3.63) is 53.9 Å². The van der Waals surface area contributed by atoms with Crippen molar-refractivity contribution >= 4 is 11.8 Å². The van der Waals surface area contributed by atoms with Crippen LogP contribution in [-0.2, 0) is 0 Å². The monoisotopic (exact) mass is 425 g/mol. The Hall–Kier alpha value is -3.09. The Morgan fingerprint density at radius 1 is 1.10 bits per heavy atom. The topological polar surface area (TPSA) is 80.8 Å². The highest BCUT2D eigenvalue weighted by molar-refractivity contribution is 5.95. The van der Waals surface area contributed by atoms with Crippen molar-refractivity contribution in [1.29, 1.82) is 0 Å². The molecule has 7 nitrogen and oxygen atoms in total. The lowest BCUT2D eigenvalue weighted by Crippen LogP contribution is -2.46. The van der Waals surface area contributed by atoms with Gasteiger partial charge in [0, 0.05) is 42.7 Å². The van der Waals surface area contributed by atoms with Crippen molar-refractivity contribution in [2.75, 3.05) is 26.8 Å². The summed E-state index contributed by atoms with van der Waals surface area (Å²) in [5, 5.41) is 3.08. The Kier molecular flexibility index (Phi) is 7.87. The minimum atomic E-state index is -0.147. The molecule has 1 saturated heterocycles. The minimum absolute atomic E-state index is 0.00460. The summed E-state index contributed by atoms with van der Waals surface area (Å²) < 4.78 is 11.2. The van der Waals surface area contributed by atoms with E-state index in [1.807, 2.05) is 4.90 Å². The van der Waals surface area contributed by atoms with E-state index < -0.39 is 0 Å². The van der Waals surface area contributed by atoms with Gasteiger partial charge in [-0.15, -0.1) is 0 Å². The molecule has 0 bridgehead atoms. The second-order valence-corrected chi connectivity index (χ2v) is 8.17. The van der Waals surface area contributed by atoms with Gasteiger partial charge in [0.05, 0.1) is 13.7 Å². The zero-order valence-corrected chi connectivity index (χ0v) is 18.5. The smallest absolute Gasteiger partial charge is 0.253 e. The number of benzene rings is 1. The summed E-state index contributed by atoms with van der Waals surface area (Å²) >= 11 is 0. The Balaban J connectivity index is 1.53. The summed E-state index contributed by atoms with van der Waals surface area (Å²) in [5.41, 5.74) is 1.17. The van der Waals surface area contributed by atoms with Gasteiger partial charge in [-0.05, 0) is 55.5 Å². The molecule has 0 aliphatic carbocycles. The number of pyridine rings is 1. The summed E-state index contributed by atoms with van der Waals surface area (Å²) in [5.74, 6) is 1.61. The van der Waals surface area contributed by atoms with Crippen LogP contribution < -0.4 is 14.8 Å². The van der Waals surface area contributed by atoms with Crippen LogP contribution in [0, 0.1) is 5.92 Å². The molecule has 2 amide bonds. The van der Waals surface area contributed by atoms with E-state index in [9.17, 15) is 9.59 Å². The van der Waals surface area contributed by atoms with Crippen molar-refractivity contribution in [2.24, 2.45) is 5.92 Å². The third kappa shape index (κ3) is 6.20. The highest BCUT2D eigenvalue weighted by Crippen LogP contribution is 2.28. The number of carbonyl (C=O) groups excluding carboxylic acids is 2.